The molecule has 3 rings (SSSR count). The van der Waals surface area contributed by atoms with Crippen LogP contribution in [0.25, 0.3) is 0 Å². The van der Waals surface area contributed by atoms with E-state index in [0.717, 1.165) is 12.8 Å². The molecule has 2 saturated carbocycles. The fourth-order valence-corrected chi connectivity index (χ4v) is 3.82. The normalized spacial score (nSPS) is 32.5. The Morgan fingerprint density at radius 1 is 1.42 bits per heavy atom. The van der Waals surface area contributed by atoms with Crippen LogP contribution in [-0.4, -0.2) is 28.6 Å². The lowest BCUT2D eigenvalue weighted by atomic mass is 9.85. The van der Waals surface area contributed by atoms with Crippen LogP contribution in [-0.2, 0) is 0 Å². The number of rotatable bonds is 3. The largest absolute Gasteiger partial charge is 0.396 e. The molecule has 0 aromatic carbocycles. The van der Waals surface area contributed by atoms with Gasteiger partial charge in [0.2, 0.25) is 0 Å². The predicted octanol–water partition coefficient (Wildman–Crippen LogP) is 1.87. The number of carbonyl (C=O) groups excluding carboxylic acids is 1. The Morgan fingerprint density at radius 3 is 2.95 bits per heavy atom. The first-order chi connectivity index (χ1) is 9.19. The highest BCUT2D eigenvalue weighted by Crippen LogP contribution is 2.48. The molecule has 5 heteroatoms. The highest BCUT2D eigenvalue weighted by atomic mass is 35.5. The second kappa shape index (κ2) is 5.10. The van der Waals surface area contributed by atoms with Gasteiger partial charge in [-0.2, -0.15) is 0 Å². The Labute approximate surface area is 117 Å². The quantitative estimate of drug-likeness (QED) is 0.831. The van der Waals surface area contributed by atoms with Gasteiger partial charge < -0.3 is 10.4 Å². The third-order valence-corrected chi connectivity index (χ3v) is 4.76. The summed E-state index contributed by atoms with van der Waals surface area (Å²) in [6, 6.07) is 5.10. The van der Waals surface area contributed by atoms with Crippen molar-refractivity contribution >= 4 is 17.5 Å². The molecule has 1 amide bonds. The maximum Gasteiger partial charge on any atom is 0.270 e. The van der Waals surface area contributed by atoms with Crippen molar-refractivity contribution in [2.24, 2.45) is 17.8 Å². The highest BCUT2D eigenvalue weighted by molar-refractivity contribution is 6.29. The fraction of sp³-hybridized carbons (Fsp3) is 0.571. The van der Waals surface area contributed by atoms with Gasteiger partial charge in [0.1, 0.15) is 10.8 Å². The van der Waals surface area contributed by atoms with E-state index in [4.69, 9.17) is 11.6 Å². The number of hydrogen-bond acceptors (Lipinski definition) is 3. The molecule has 4 nitrogen and oxygen atoms in total. The van der Waals surface area contributed by atoms with Crippen molar-refractivity contribution < 1.29 is 9.90 Å². The second-order valence-electron chi connectivity index (χ2n) is 5.52. The van der Waals surface area contributed by atoms with Crippen LogP contribution in [0.2, 0.25) is 5.15 Å². The van der Waals surface area contributed by atoms with Crippen molar-refractivity contribution in [2.75, 3.05) is 6.61 Å². The monoisotopic (exact) mass is 280 g/mol. The van der Waals surface area contributed by atoms with Crippen molar-refractivity contribution in [3.8, 4) is 0 Å². The smallest absolute Gasteiger partial charge is 0.270 e. The van der Waals surface area contributed by atoms with E-state index >= 15 is 0 Å². The van der Waals surface area contributed by atoms with E-state index in [2.05, 4.69) is 10.3 Å². The Balaban J connectivity index is 1.73. The minimum Gasteiger partial charge on any atom is -0.396 e. The molecule has 0 radical (unpaired) electrons. The van der Waals surface area contributed by atoms with E-state index in [9.17, 15) is 9.90 Å². The number of aromatic nitrogens is 1. The van der Waals surface area contributed by atoms with Gasteiger partial charge in [-0.05, 0) is 43.2 Å². The number of amides is 1. The summed E-state index contributed by atoms with van der Waals surface area (Å²) < 4.78 is 0. The molecule has 102 valence electrons. The summed E-state index contributed by atoms with van der Waals surface area (Å²) in [7, 11) is 0. The van der Waals surface area contributed by atoms with Crippen molar-refractivity contribution in [3.05, 3.63) is 29.0 Å². The van der Waals surface area contributed by atoms with E-state index in [1.807, 2.05) is 0 Å². The molecule has 2 bridgehead atoms. The average Bonchev–Trinajstić information content (AvgIpc) is 2.99. The van der Waals surface area contributed by atoms with Crippen molar-refractivity contribution in [1.29, 1.82) is 0 Å². The van der Waals surface area contributed by atoms with Gasteiger partial charge in [0, 0.05) is 18.6 Å². The first-order valence-corrected chi connectivity index (χ1v) is 7.11. The molecule has 19 heavy (non-hydrogen) atoms. The van der Waals surface area contributed by atoms with Crippen LogP contribution >= 0.6 is 11.6 Å². The van der Waals surface area contributed by atoms with Gasteiger partial charge >= 0.3 is 0 Å². The standard InChI is InChI=1S/C14H17ClN2O2/c15-12-3-1-2-11(16-12)14(19)17-13-9-5-4-8(6-9)10(13)7-18/h1-3,8-10,13,18H,4-7H2,(H,17,19). The molecule has 0 aliphatic heterocycles. The van der Waals surface area contributed by atoms with E-state index in [1.165, 1.54) is 6.42 Å². The Hall–Kier alpha value is -1.13. The number of hydrogen-bond donors (Lipinski definition) is 2. The zero-order valence-corrected chi connectivity index (χ0v) is 11.3. The predicted molar refractivity (Wildman–Crippen MR) is 71.9 cm³/mol. The molecule has 4 unspecified atom stereocenters. The molecule has 4 atom stereocenters. The molecule has 0 spiro atoms. The molecule has 2 N–H and O–H groups in total. The van der Waals surface area contributed by atoms with E-state index in [-0.39, 0.29) is 24.5 Å². The Bertz CT molecular complexity index is 494. The fourth-order valence-electron chi connectivity index (χ4n) is 3.66. The summed E-state index contributed by atoms with van der Waals surface area (Å²) in [5.74, 6) is 1.07. The average molecular weight is 281 g/mol. The van der Waals surface area contributed by atoms with E-state index < -0.39 is 0 Å². The SMILES string of the molecule is O=C(NC1C2CCC(C2)C1CO)c1cccc(Cl)n1. The molecule has 2 aliphatic rings. The maximum absolute atomic E-state index is 12.2. The second-order valence-corrected chi connectivity index (χ2v) is 5.91. The number of nitrogens with zero attached hydrogens (tertiary/aromatic N) is 1. The minimum absolute atomic E-state index is 0.0806. The van der Waals surface area contributed by atoms with Crippen LogP contribution in [0.3, 0.4) is 0 Å². The van der Waals surface area contributed by atoms with Gasteiger partial charge in [0.15, 0.2) is 0 Å². The summed E-state index contributed by atoms with van der Waals surface area (Å²) >= 11 is 5.79. The van der Waals surface area contributed by atoms with Crippen LogP contribution in [0.15, 0.2) is 18.2 Å². The highest BCUT2D eigenvalue weighted by Gasteiger charge is 2.47. The molecule has 1 aromatic heterocycles. The first kappa shape index (κ1) is 12.9. The molecule has 2 aliphatic carbocycles. The van der Waals surface area contributed by atoms with Crippen molar-refractivity contribution in [3.63, 3.8) is 0 Å². The van der Waals surface area contributed by atoms with Gasteiger partial charge in [-0.3, -0.25) is 4.79 Å². The van der Waals surface area contributed by atoms with Gasteiger partial charge in [-0.1, -0.05) is 17.7 Å². The number of fused-ring (bicyclic) bond motifs is 2. The lowest BCUT2D eigenvalue weighted by molar-refractivity contribution is 0.0856. The van der Waals surface area contributed by atoms with Gasteiger partial charge in [-0.15, -0.1) is 0 Å². The molecule has 0 saturated heterocycles. The minimum atomic E-state index is -0.196. The van der Waals surface area contributed by atoms with E-state index in [0.29, 0.717) is 22.7 Å². The third-order valence-electron chi connectivity index (χ3n) is 4.54. The molecule has 2 fully saturated rings. The van der Waals surface area contributed by atoms with Crippen LogP contribution < -0.4 is 5.32 Å². The number of aliphatic hydroxyl groups is 1. The van der Waals surface area contributed by atoms with Gasteiger partial charge in [0.25, 0.3) is 5.91 Å². The Morgan fingerprint density at radius 2 is 2.21 bits per heavy atom. The van der Waals surface area contributed by atoms with Crippen LogP contribution in [0.5, 0.6) is 0 Å². The molecule has 1 heterocycles. The number of carbonyl (C=O) groups is 1. The van der Waals surface area contributed by atoms with Crippen molar-refractivity contribution in [2.45, 2.75) is 25.3 Å². The zero-order valence-electron chi connectivity index (χ0n) is 10.6. The zero-order chi connectivity index (χ0) is 13.4. The molecule has 1 aromatic rings. The summed E-state index contributed by atoms with van der Waals surface area (Å²) in [6.07, 6.45) is 3.45. The molecular formula is C14H17ClN2O2. The molecular weight excluding hydrogens is 264 g/mol. The first-order valence-electron chi connectivity index (χ1n) is 6.73. The van der Waals surface area contributed by atoms with Gasteiger partial charge in [-0.25, -0.2) is 4.98 Å². The number of aliphatic hydroxyl groups excluding tert-OH is 1. The summed E-state index contributed by atoms with van der Waals surface area (Å²) in [6.45, 7) is 0.148. The van der Waals surface area contributed by atoms with Crippen LogP contribution in [0, 0.1) is 17.8 Å². The number of nitrogens with one attached hydrogen (secondary N) is 1. The third kappa shape index (κ3) is 2.35. The lowest BCUT2D eigenvalue weighted by Gasteiger charge is -2.30. The number of halogens is 1. The summed E-state index contributed by atoms with van der Waals surface area (Å²) in [5.41, 5.74) is 0.340. The maximum atomic E-state index is 12.2. The summed E-state index contributed by atoms with van der Waals surface area (Å²) in [4.78, 5) is 16.2. The Kier molecular flexibility index (Phi) is 3.46. The topological polar surface area (TPSA) is 62.2 Å². The van der Waals surface area contributed by atoms with E-state index in [1.54, 1.807) is 18.2 Å². The van der Waals surface area contributed by atoms with Crippen LogP contribution in [0.4, 0.5) is 0 Å². The summed E-state index contributed by atoms with van der Waals surface area (Å²) in [5, 5.41) is 12.9. The van der Waals surface area contributed by atoms with Crippen LogP contribution in [0.1, 0.15) is 29.8 Å². The van der Waals surface area contributed by atoms with Crippen molar-refractivity contribution in [1.82, 2.24) is 10.3 Å². The van der Waals surface area contributed by atoms with Gasteiger partial charge in [0.05, 0.1) is 0 Å². The lowest BCUT2D eigenvalue weighted by Crippen LogP contribution is -2.45. The number of pyridine rings is 1.